The van der Waals surface area contributed by atoms with Gasteiger partial charge in [-0.05, 0) is 67.3 Å². The third-order valence-corrected chi connectivity index (χ3v) is 7.17. The van der Waals surface area contributed by atoms with Crippen molar-refractivity contribution in [1.82, 2.24) is 0 Å². The Morgan fingerprint density at radius 2 is 2.09 bits per heavy atom. The van der Waals surface area contributed by atoms with Gasteiger partial charge in [0.1, 0.15) is 0 Å². The number of hydrogen-bond donors (Lipinski definition) is 1. The topological polar surface area (TPSA) is 54.4 Å². The number of aliphatic carboxylic acids is 1. The van der Waals surface area contributed by atoms with E-state index in [0.29, 0.717) is 18.3 Å². The highest BCUT2D eigenvalue weighted by Gasteiger charge is 2.54. The summed E-state index contributed by atoms with van der Waals surface area (Å²) < 4.78 is 0. The zero-order valence-electron chi connectivity index (χ0n) is 15.3. The van der Waals surface area contributed by atoms with E-state index in [1.54, 1.807) is 0 Å². The molecular weight excluding hydrogens is 288 g/mol. The van der Waals surface area contributed by atoms with Crippen molar-refractivity contribution in [1.29, 1.82) is 0 Å². The fourth-order valence-corrected chi connectivity index (χ4v) is 5.07. The molecule has 2 unspecified atom stereocenters. The molecule has 2 aliphatic rings. The Hall–Kier alpha value is -1.12. The van der Waals surface area contributed by atoms with Crippen LogP contribution in [0, 0.1) is 28.6 Å². The van der Waals surface area contributed by atoms with Crippen molar-refractivity contribution in [2.24, 2.45) is 28.6 Å². The summed E-state index contributed by atoms with van der Waals surface area (Å²) in [4.78, 5) is 23.1. The highest BCUT2D eigenvalue weighted by atomic mass is 16.4. The van der Waals surface area contributed by atoms with Gasteiger partial charge in [-0.1, -0.05) is 33.3 Å². The molecule has 0 spiro atoms. The minimum atomic E-state index is -0.712. The Bertz CT molecular complexity index is 521. The standard InChI is InChI=1S/C20H32O3/c1-13(10-18(22)23)6-8-19(4)14(2)7-9-20(5)15(3)11-16(21)12-17(19)20/h11,13-14,17H,6-10,12H2,1-5H3,(H,22,23)/t13?,14-,17?,19+,20-/m1/s1. The minimum Gasteiger partial charge on any atom is -0.481 e. The maximum absolute atomic E-state index is 12.2. The number of allylic oxidation sites excluding steroid dienone is 2. The van der Waals surface area contributed by atoms with Crippen LogP contribution < -0.4 is 0 Å². The predicted molar refractivity (Wildman–Crippen MR) is 92.1 cm³/mol. The number of hydrogen-bond acceptors (Lipinski definition) is 2. The van der Waals surface area contributed by atoms with Crippen LogP contribution in [0.15, 0.2) is 11.6 Å². The average molecular weight is 320 g/mol. The molecule has 1 saturated carbocycles. The van der Waals surface area contributed by atoms with Crippen molar-refractivity contribution < 1.29 is 14.7 Å². The van der Waals surface area contributed by atoms with E-state index in [-0.39, 0.29) is 29.0 Å². The fraction of sp³-hybridized carbons (Fsp3) is 0.800. The van der Waals surface area contributed by atoms with E-state index in [2.05, 4.69) is 27.7 Å². The molecule has 130 valence electrons. The lowest BCUT2D eigenvalue weighted by molar-refractivity contribution is -0.138. The Morgan fingerprint density at radius 1 is 1.43 bits per heavy atom. The minimum absolute atomic E-state index is 0.116. The highest BCUT2D eigenvalue weighted by Crippen LogP contribution is 2.61. The SMILES string of the molecule is CC1=CC(=O)CC2[C@]1(C)CC[C@@H](C)[C@]2(C)CCC(C)CC(=O)O. The second-order valence-corrected chi connectivity index (χ2v) is 8.66. The molecule has 3 nitrogen and oxygen atoms in total. The van der Waals surface area contributed by atoms with Crippen LogP contribution in [0.3, 0.4) is 0 Å². The van der Waals surface area contributed by atoms with Gasteiger partial charge in [-0.15, -0.1) is 0 Å². The number of ketones is 1. The van der Waals surface area contributed by atoms with E-state index in [0.717, 1.165) is 19.3 Å². The smallest absolute Gasteiger partial charge is 0.303 e. The van der Waals surface area contributed by atoms with Crippen molar-refractivity contribution >= 4 is 11.8 Å². The van der Waals surface area contributed by atoms with Gasteiger partial charge in [0.05, 0.1) is 0 Å². The highest BCUT2D eigenvalue weighted by molar-refractivity contribution is 5.92. The summed E-state index contributed by atoms with van der Waals surface area (Å²) in [5.74, 6) is 0.713. The van der Waals surface area contributed by atoms with Gasteiger partial charge in [0.25, 0.3) is 0 Å². The summed E-state index contributed by atoms with van der Waals surface area (Å²) >= 11 is 0. The first-order valence-electron chi connectivity index (χ1n) is 9.03. The van der Waals surface area contributed by atoms with Gasteiger partial charge in [-0.25, -0.2) is 0 Å². The van der Waals surface area contributed by atoms with Crippen LogP contribution in [0.4, 0.5) is 0 Å². The van der Waals surface area contributed by atoms with Gasteiger partial charge in [-0.2, -0.15) is 0 Å². The largest absolute Gasteiger partial charge is 0.481 e. The van der Waals surface area contributed by atoms with Gasteiger partial charge in [0.2, 0.25) is 0 Å². The number of carbonyl (C=O) groups is 2. The Morgan fingerprint density at radius 3 is 2.70 bits per heavy atom. The second-order valence-electron chi connectivity index (χ2n) is 8.66. The zero-order chi connectivity index (χ0) is 17.4. The van der Waals surface area contributed by atoms with Crippen molar-refractivity contribution in [3.63, 3.8) is 0 Å². The lowest BCUT2D eigenvalue weighted by Gasteiger charge is -2.57. The van der Waals surface area contributed by atoms with E-state index >= 15 is 0 Å². The summed E-state index contributed by atoms with van der Waals surface area (Å²) in [6, 6.07) is 0. The molecule has 0 bridgehead atoms. The first-order chi connectivity index (χ1) is 10.6. The van der Waals surface area contributed by atoms with Crippen LogP contribution in [0.5, 0.6) is 0 Å². The molecule has 0 amide bonds. The van der Waals surface area contributed by atoms with Crippen molar-refractivity contribution in [2.75, 3.05) is 0 Å². The molecule has 0 aromatic heterocycles. The summed E-state index contributed by atoms with van der Waals surface area (Å²) in [6.07, 6.45) is 7.05. The summed E-state index contributed by atoms with van der Waals surface area (Å²) in [5.41, 5.74) is 1.49. The predicted octanol–water partition coefficient (Wildman–Crippen LogP) is 4.86. The fourth-order valence-electron chi connectivity index (χ4n) is 5.07. The van der Waals surface area contributed by atoms with E-state index in [1.807, 2.05) is 13.0 Å². The third-order valence-electron chi connectivity index (χ3n) is 7.17. The van der Waals surface area contributed by atoms with Gasteiger partial charge in [-0.3, -0.25) is 9.59 Å². The number of rotatable bonds is 5. The molecule has 23 heavy (non-hydrogen) atoms. The van der Waals surface area contributed by atoms with Crippen LogP contribution in [0.1, 0.15) is 73.1 Å². The van der Waals surface area contributed by atoms with Crippen molar-refractivity contribution in [2.45, 2.75) is 73.1 Å². The zero-order valence-corrected chi connectivity index (χ0v) is 15.3. The van der Waals surface area contributed by atoms with Crippen LogP contribution in [0.2, 0.25) is 0 Å². The van der Waals surface area contributed by atoms with E-state index in [1.165, 1.54) is 12.0 Å². The van der Waals surface area contributed by atoms with Crippen LogP contribution in [0.25, 0.3) is 0 Å². The molecule has 3 heteroatoms. The monoisotopic (exact) mass is 320 g/mol. The maximum Gasteiger partial charge on any atom is 0.303 e. The number of carbonyl (C=O) groups excluding carboxylic acids is 1. The molecule has 0 aromatic rings. The van der Waals surface area contributed by atoms with Gasteiger partial charge >= 0.3 is 5.97 Å². The lowest BCUT2D eigenvalue weighted by Crippen LogP contribution is -2.51. The average Bonchev–Trinajstić information content (AvgIpc) is 2.44. The summed E-state index contributed by atoms with van der Waals surface area (Å²) in [6.45, 7) is 11.1. The first-order valence-corrected chi connectivity index (χ1v) is 9.03. The van der Waals surface area contributed by atoms with Crippen molar-refractivity contribution in [3.8, 4) is 0 Å². The summed E-state index contributed by atoms with van der Waals surface area (Å²) in [5, 5.41) is 8.98. The third kappa shape index (κ3) is 3.39. The molecule has 5 atom stereocenters. The number of carboxylic acids is 1. The van der Waals surface area contributed by atoms with Gasteiger partial charge < -0.3 is 5.11 Å². The first kappa shape index (κ1) is 18.2. The van der Waals surface area contributed by atoms with Crippen LogP contribution in [-0.4, -0.2) is 16.9 Å². The second kappa shape index (κ2) is 6.41. The molecule has 0 radical (unpaired) electrons. The van der Waals surface area contributed by atoms with Gasteiger partial charge in [0.15, 0.2) is 5.78 Å². The molecule has 0 saturated heterocycles. The molecule has 2 aliphatic carbocycles. The Labute approximate surface area is 140 Å². The quantitative estimate of drug-likeness (QED) is 0.787. The molecular formula is C20H32O3. The Balaban J connectivity index is 2.22. The molecule has 1 fully saturated rings. The van der Waals surface area contributed by atoms with Crippen LogP contribution in [-0.2, 0) is 9.59 Å². The van der Waals surface area contributed by atoms with Gasteiger partial charge in [0, 0.05) is 12.8 Å². The van der Waals surface area contributed by atoms with E-state index < -0.39 is 5.97 Å². The van der Waals surface area contributed by atoms with E-state index in [9.17, 15) is 9.59 Å². The number of fused-ring (bicyclic) bond motifs is 1. The molecule has 0 heterocycles. The van der Waals surface area contributed by atoms with E-state index in [4.69, 9.17) is 5.11 Å². The van der Waals surface area contributed by atoms with Crippen molar-refractivity contribution in [3.05, 3.63) is 11.6 Å². The summed E-state index contributed by atoms with van der Waals surface area (Å²) in [7, 11) is 0. The molecule has 1 N–H and O–H groups in total. The lowest BCUT2D eigenvalue weighted by atomic mass is 9.46. The molecule has 0 aromatic carbocycles. The maximum atomic E-state index is 12.2. The Kier molecular flexibility index (Phi) is 5.08. The molecule has 2 rings (SSSR count). The molecule has 0 aliphatic heterocycles. The normalized spacial score (nSPS) is 38.7. The number of carboxylic acid groups (broad SMARTS) is 1. The van der Waals surface area contributed by atoms with Crippen LogP contribution >= 0.6 is 0 Å².